The average Bonchev–Trinajstić information content (AvgIpc) is 3.39. The van der Waals surface area contributed by atoms with Crippen molar-refractivity contribution in [2.75, 3.05) is 24.9 Å². The van der Waals surface area contributed by atoms with Gasteiger partial charge in [0.15, 0.2) is 0 Å². The lowest BCUT2D eigenvalue weighted by Crippen LogP contribution is -2.15. The average molecular weight is 313 g/mol. The lowest BCUT2D eigenvalue weighted by atomic mass is 10.2. The van der Waals surface area contributed by atoms with Crippen LogP contribution in [0.4, 0.5) is 11.4 Å². The normalized spacial score (nSPS) is 13.3. The third-order valence-electron chi connectivity index (χ3n) is 3.60. The molecule has 1 heterocycles. The number of carbonyl (C=O) groups excluding carboxylic acids is 1. The SMILES string of the molecule is COc1ccc(OC)c(NC(=O)c2cc(NC3CC3)ccn2)c1. The van der Waals surface area contributed by atoms with Gasteiger partial charge in [0.2, 0.25) is 0 Å². The standard InChI is InChI=1S/C17H19N3O3/c1-22-13-5-6-16(23-2)14(10-13)20-17(21)15-9-12(7-8-18-15)19-11-3-4-11/h5-11H,3-4H2,1-2H3,(H,18,19)(H,20,21). The number of nitrogens with one attached hydrogen (secondary N) is 2. The molecule has 0 aliphatic heterocycles. The maximum absolute atomic E-state index is 12.4. The zero-order valence-electron chi connectivity index (χ0n) is 13.1. The number of pyridine rings is 1. The Bertz CT molecular complexity index is 714. The fourth-order valence-electron chi connectivity index (χ4n) is 2.21. The molecule has 2 aromatic rings. The van der Waals surface area contributed by atoms with Crippen molar-refractivity contribution in [1.29, 1.82) is 0 Å². The first-order chi connectivity index (χ1) is 11.2. The van der Waals surface area contributed by atoms with Gasteiger partial charge in [0.25, 0.3) is 5.91 Å². The molecule has 1 fully saturated rings. The molecule has 6 heteroatoms. The van der Waals surface area contributed by atoms with E-state index < -0.39 is 0 Å². The van der Waals surface area contributed by atoms with Crippen molar-refractivity contribution in [2.45, 2.75) is 18.9 Å². The Labute approximate surface area is 134 Å². The lowest BCUT2D eigenvalue weighted by Gasteiger charge is -2.12. The fourth-order valence-corrected chi connectivity index (χ4v) is 2.21. The number of hydrogen-bond acceptors (Lipinski definition) is 5. The highest BCUT2D eigenvalue weighted by molar-refractivity contribution is 6.04. The minimum atomic E-state index is -0.295. The van der Waals surface area contributed by atoms with Gasteiger partial charge < -0.3 is 20.1 Å². The highest BCUT2D eigenvalue weighted by Crippen LogP contribution is 2.29. The van der Waals surface area contributed by atoms with Crippen molar-refractivity contribution in [2.24, 2.45) is 0 Å². The minimum absolute atomic E-state index is 0.295. The summed E-state index contributed by atoms with van der Waals surface area (Å²) in [5, 5.41) is 6.17. The maximum Gasteiger partial charge on any atom is 0.274 e. The monoisotopic (exact) mass is 313 g/mol. The zero-order valence-corrected chi connectivity index (χ0v) is 13.1. The largest absolute Gasteiger partial charge is 0.497 e. The van der Waals surface area contributed by atoms with Crippen molar-refractivity contribution in [3.63, 3.8) is 0 Å². The molecular weight excluding hydrogens is 294 g/mol. The number of nitrogens with zero attached hydrogens (tertiary/aromatic N) is 1. The molecule has 23 heavy (non-hydrogen) atoms. The Kier molecular flexibility index (Phi) is 4.32. The highest BCUT2D eigenvalue weighted by Gasteiger charge is 2.21. The van der Waals surface area contributed by atoms with E-state index >= 15 is 0 Å². The second-order valence-corrected chi connectivity index (χ2v) is 5.37. The number of methoxy groups -OCH3 is 2. The molecule has 0 unspecified atom stereocenters. The molecule has 0 saturated heterocycles. The predicted octanol–water partition coefficient (Wildman–Crippen LogP) is 2.93. The molecule has 0 spiro atoms. The van der Waals surface area contributed by atoms with Gasteiger partial charge in [-0.05, 0) is 37.1 Å². The summed E-state index contributed by atoms with van der Waals surface area (Å²) < 4.78 is 10.4. The first kappa shape index (κ1) is 15.1. The molecule has 1 aliphatic rings. The smallest absolute Gasteiger partial charge is 0.274 e. The minimum Gasteiger partial charge on any atom is -0.497 e. The summed E-state index contributed by atoms with van der Waals surface area (Å²) in [5.41, 5.74) is 1.80. The number of hydrogen-bond donors (Lipinski definition) is 2. The Morgan fingerprint density at radius 1 is 1.17 bits per heavy atom. The van der Waals surface area contributed by atoms with Gasteiger partial charge in [0.05, 0.1) is 19.9 Å². The number of amides is 1. The van der Waals surface area contributed by atoms with E-state index in [9.17, 15) is 4.79 Å². The zero-order chi connectivity index (χ0) is 16.2. The van der Waals surface area contributed by atoms with Crippen molar-refractivity contribution in [1.82, 2.24) is 4.98 Å². The van der Waals surface area contributed by atoms with Crippen LogP contribution in [0.2, 0.25) is 0 Å². The molecule has 6 nitrogen and oxygen atoms in total. The van der Waals surface area contributed by atoms with Crippen molar-refractivity contribution < 1.29 is 14.3 Å². The summed E-state index contributed by atoms with van der Waals surface area (Å²) in [6, 6.07) is 9.36. The molecule has 1 aromatic heterocycles. The molecule has 0 atom stereocenters. The molecule has 1 aliphatic carbocycles. The number of anilines is 2. The van der Waals surface area contributed by atoms with E-state index in [2.05, 4.69) is 15.6 Å². The van der Waals surface area contributed by atoms with Gasteiger partial charge in [-0.3, -0.25) is 9.78 Å². The van der Waals surface area contributed by atoms with E-state index in [0.29, 0.717) is 28.9 Å². The van der Waals surface area contributed by atoms with Crippen molar-refractivity contribution in [3.8, 4) is 11.5 Å². The van der Waals surface area contributed by atoms with E-state index in [1.165, 1.54) is 12.8 Å². The fraction of sp³-hybridized carbons (Fsp3) is 0.294. The number of carbonyl (C=O) groups is 1. The van der Waals surface area contributed by atoms with Gasteiger partial charge in [-0.15, -0.1) is 0 Å². The van der Waals surface area contributed by atoms with Gasteiger partial charge in [-0.2, -0.15) is 0 Å². The summed E-state index contributed by atoms with van der Waals surface area (Å²) in [6.45, 7) is 0. The van der Waals surface area contributed by atoms with E-state index in [4.69, 9.17) is 9.47 Å². The predicted molar refractivity (Wildman–Crippen MR) is 88.4 cm³/mol. The molecular formula is C17H19N3O3. The third-order valence-corrected chi connectivity index (χ3v) is 3.60. The van der Waals surface area contributed by atoms with Gasteiger partial charge in [-0.25, -0.2) is 0 Å². The molecule has 2 N–H and O–H groups in total. The summed E-state index contributed by atoms with van der Waals surface area (Å²) in [5.74, 6) is 0.903. The molecule has 0 bridgehead atoms. The molecule has 1 saturated carbocycles. The number of ether oxygens (including phenoxy) is 2. The van der Waals surface area contributed by atoms with Crippen LogP contribution in [0.15, 0.2) is 36.5 Å². The number of benzene rings is 1. The first-order valence-electron chi connectivity index (χ1n) is 7.45. The quantitative estimate of drug-likeness (QED) is 0.858. The summed E-state index contributed by atoms with van der Waals surface area (Å²) in [6.07, 6.45) is 3.97. The first-order valence-corrected chi connectivity index (χ1v) is 7.45. The van der Waals surface area contributed by atoms with E-state index in [0.717, 1.165) is 5.69 Å². The number of rotatable bonds is 6. The van der Waals surface area contributed by atoms with Crippen LogP contribution in [-0.4, -0.2) is 31.2 Å². The van der Waals surface area contributed by atoms with Crippen molar-refractivity contribution in [3.05, 3.63) is 42.2 Å². The van der Waals surface area contributed by atoms with Gasteiger partial charge >= 0.3 is 0 Å². The van der Waals surface area contributed by atoms with Crippen LogP contribution in [0.5, 0.6) is 11.5 Å². The van der Waals surface area contributed by atoms with E-state index in [1.54, 1.807) is 44.7 Å². The number of aromatic nitrogens is 1. The summed E-state index contributed by atoms with van der Waals surface area (Å²) in [4.78, 5) is 16.6. The van der Waals surface area contributed by atoms with Crippen molar-refractivity contribution >= 4 is 17.3 Å². The molecule has 1 amide bonds. The Balaban J connectivity index is 1.78. The summed E-state index contributed by atoms with van der Waals surface area (Å²) in [7, 11) is 3.12. The van der Waals surface area contributed by atoms with Crippen LogP contribution >= 0.6 is 0 Å². The highest BCUT2D eigenvalue weighted by atomic mass is 16.5. The van der Waals surface area contributed by atoms with Gasteiger partial charge in [-0.1, -0.05) is 0 Å². The molecule has 120 valence electrons. The lowest BCUT2D eigenvalue weighted by molar-refractivity contribution is 0.102. The topological polar surface area (TPSA) is 72.5 Å². The van der Waals surface area contributed by atoms with Gasteiger partial charge in [0, 0.05) is 24.0 Å². The summed E-state index contributed by atoms with van der Waals surface area (Å²) >= 11 is 0. The van der Waals surface area contributed by atoms with Crippen LogP contribution in [0, 0.1) is 0 Å². The van der Waals surface area contributed by atoms with Crippen LogP contribution < -0.4 is 20.1 Å². The Morgan fingerprint density at radius 2 is 2.00 bits per heavy atom. The van der Waals surface area contributed by atoms with Crippen LogP contribution in [0.3, 0.4) is 0 Å². The molecule has 1 aromatic carbocycles. The Hall–Kier alpha value is -2.76. The van der Waals surface area contributed by atoms with E-state index in [1.807, 2.05) is 6.07 Å². The van der Waals surface area contributed by atoms with Crippen LogP contribution in [0.25, 0.3) is 0 Å². The van der Waals surface area contributed by atoms with Crippen LogP contribution in [0.1, 0.15) is 23.3 Å². The molecule has 0 radical (unpaired) electrons. The second-order valence-electron chi connectivity index (χ2n) is 5.37. The van der Waals surface area contributed by atoms with Gasteiger partial charge in [0.1, 0.15) is 17.2 Å². The third kappa shape index (κ3) is 3.71. The van der Waals surface area contributed by atoms with Crippen LogP contribution in [-0.2, 0) is 0 Å². The Morgan fingerprint density at radius 3 is 2.70 bits per heavy atom. The van der Waals surface area contributed by atoms with E-state index in [-0.39, 0.29) is 5.91 Å². The molecule has 3 rings (SSSR count). The maximum atomic E-state index is 12.4. The second kappa shape index (κ2) is 6.56.